The number of aromatic amines is 1. The van der Waals surface area contributed by atoms with Gasteiger partial charge >= 0.3 is 0 Å². The molecule has 2 N–H and O–H groups in total. The van der Waals surface area contributed by atoms with E-state index in [0.717, 1.165) is 22.7 Å². The number of allylic oxidation sites excluding steroid dienone is 4. The fourth-order valence-corrected chi connectivity index (χ4v) is 2.53. The second kappa shape index (κ2) is 10.8. The topological polar surface area (TPSA) is 48.9 Å². The van der Waals surface area contributed by atoms with Gasteiger partial charge in [-0.2, -0.15) is 0 Å². The van der Waals surface area contributed by atoms with Gasteiger partial charge in [0.05, 0.1) is 16.9 Å². The molecular weight excluding hydrogens is 355 g/mol. The van der Waals surface area contributed by atoms with Crippen molar-refractivity contribution in [3.63, 3.8) is 0 Å². The van der Waals surface area contributed by atoms with Gasteiger partial charge in [0.15, 0.2) is 0 Å². The van der Waals surface area contributed by atoms with Gasteiger partial charge in [-0.05, 0) is 56.2 Å². The zero-order valence-corrected chi connectivity index (χ0v) is 16.5. The first kappa shape index (κ1) is 21.1. The summed E-state index contributed by atoms with van der Waals surface area (Å²) in [6.45, 7) is 7.67. The Morgan fingerprint density at radius 2 is 2.00 bits per heavy atom. The van der Waals surface area contributed by atoms with E-state index >= 15 is 0 Å². The molecule has 1 aromatic carbocycles. The second-order valence-electron chi connectivity index (χ2n) is 5.01. The Balaban J connectivity index is 0.00000151. The Labute approximate surface area is 159 Å². The Bertz CT molecular complexity index is 774. The van der Waals surface area contributed by atoms with Crippen LogP contribution in [0.5, 0.6) is 0 Å². The number of nitrogens with one attached hydrogen (secondary N) is 1. The molecule has 0 atom stereocenters. The van der Waals surface area contributed by atoms with E-state index < -0.39 is 0 Å². The highest BCUT2D eigenvalue weighted by Gasteiger charge is 2.06. The Morgan fingerprint density at radius 1 is 1.28 bits per heavy atom. The monoisotopic (exact) mass is 378 g/mol. The summed E-state index contributed by atoms with van der Waals surface area (Å²) in [5.74, 6) is 1.04. The lowest BCUT2D eigenvalue weighted by atomic mass is 10.2. The van der Waals surface area contributed by atoms with Crippen LogP contribution in [0.15, 0.2) is 54.0 Å². The van der Waals surface area contributed by atoms with Crippen LogP contribution in [0.25, 0.3) is 17.3 Å². The van der Waals surface area contributed by atoms with Gasteiger partial charge in [-0.15, -0.1) is 0 Å². The predicted molar refractivity (Wildman–Crippen MR) is 109 cm³/mol. The molecule has 0 unspecified atom stereocenters. The van der Waals surface area contributed by atoms with Crippen molar-refractivity contribution in [1.29, 1.82) is 0 Å². The Hall–Kier alpha value is -1.97. The molecular formula is C20H24Cl2N2O. The normalized spacial score (nSPS) is 12.2. The van der Waals surface area contributed by atoms with Crippen LogP contribution in [0.3, 0.4) is 0 Å². The first-order chi connectivity index (χ1) is 12.0. The molecule has 5 heteroatoms. The van der Waals surface area contributed by atoms with E-state index in [1.54, 1.807) is 31.3 Å². The van der Waals surface area contributed by atoms with E-state index in [0.29, 0.717) is 22.2 Å². The highest BCUT2D eigenvalue weighted by atomic mass is 35.5. The molecule has 0 spiro atoms. The van der Waals surface area contributed by atoms with Crippen molar-refractivity contribution in [2.75, 3.05) is 0 Å². The van der Waals surface area contributed by atoms with Crippen molar-refractivity contribution in [1.82, 2.24) is 9.97 Å². The summed E-state index contributed by atoms with van der Waals surface area (Å²) in [6, 6.07) is 5.36. The number of nitrogens with zero attached hydrogens (tertiary/aromatic N) is 1. The van der Waals surface area contributed by atoms with Crippen LogP contribution in [-0.2, 0) is 0 Å². The smallest absolute Gasteiger partial charge is 0.130 e. The van der Waals surface area contributed by atoms with E-state index in [1.165, 1.54) is 0 Å². The van der Waals surface area contributed by atoms with Crippen molar-refractivity contribution >= 4 is 29.3 Å². The van der Waals surface area contributed by atoms with Gasteiger partial charge in [-0.3, -0.25) is 0 Å². The molecule has 0 saturated carbocycles. The number of hydrogen-bond acceptors (Lipinski definition) is 2. The van der Waals surface area contributed by atoms with E-state index in [-0.39, 0.29) is 0 Å². The quantitative estimate of drug-likeness (QED) is 0.425. The van der Waals surface area contributed by atoms with Gasteiger partial charge in [0.2, 0.25) is 0 Å². The van der Waals surface area contributed by atoms with Crippen molar-refractivity contribution in [2.24, 2.45) is 0 Å². The maximum absolute atomic E-state index is 9.55. The number of rotatable bonds is 5. The molecule has 25 heavy (non-hydrogen) atoms. The number of imidazole rings is 1. The second-order valence-corrected chi connectivity index (χ2v) is 5.85. The average molecular weight is 379 g/mol. The molecule has 0 saturated heterocycles. The summed E-state index contributed by atoms with van der Waals surface area (Å²) in [7, 11) is 0. The van der Waals surface area contributed by atoms with E-state index in [4.69, 9.17) is 23.2 Å². The maximum atomic E-state index is 9.55. The van der Waals surface area contributed by atoms with Crippen LogP contribution in [-0.4, -0.2) is 15.1 Å². The third-order valence-electron chi connectivity index (χ3n) is 3.33. The molecule has 1 aromatic heterocycles. The average Bonchev–Trinajstić information content (AvgIpc) is 3.08. The van der Waals surface area contributed by atoms with Gasteiger partial charge < -0.3 is 10.1 Å². The minimum Gasteiger partial charge on any atom is -0.508 e. The SMILES string of the molecule is C/C=C(O)\C(C)=C/C/C=C/c1ncc(-c2ccc(Cl)cc2Cl)[nH]1.CC. The molecule has 0 radical (unpaired) electrons. The standard InChI is InChI=1S/C18H18Cl2N2O.C2H6/c1-3-17(23)12(2)6-4-5-7-18-21-11-16(22-18)14-9-8-13(19)10-15(14)20;1-2/h3,5-11,23H,4H2,1-2H3,(H,21,22);1-2H3/b7-5+,12-6-,17-3+;. The largest absolute Gasteiger partial charge is 0.508 e. The molecule has 0 aliphatic heterocycles. The molecule has 0 bridgehead atoms. The van der Waals surface area contributed by atoms with Gasteiger partial charge in [0, 0.05) is 10.6 Å². The molecule has 0 aliphatic carbocycles. The van der Waals surface area contributed by atoms with E-state index in [9.17, 15) is 5.11 Å². The zero-order chi connectivity index (χ0) is 18.8. The fourth-order valence-electron chi connectivity index (χ4n) is 2.02. The molecule has 134 valence electrons. The summed E-state index contributed by atoms with van der Waals surface area (Å²) in [5, 5.41) is 10.7. The van der Waals surface area contributed by atoms with E-state index in [1.807, 2.05) is 45.1 Å². The van der Waals surface area contributed by atoms with Crippen molar-refractivity contribution < 1.29 is 5.11 Å². The molecule has 0 fully saturated rings. The number of halogens is 2. The number of benzene rings is 1. The van der Waals surface area contributed by atoms with Gasteiger partial charge in [0.1, 0.15) is 11.6 Å². The lowest BCUT2D eigenvalue weighted by Crippen LogP contribution is -1.82. The Morgan fingerprint density at radius 3 is 2.64 bits per heavy atom. The highest BCUT2D eigenvalue weighted by molar-refractivity contribution is 6.36. The van der Waals surface area contributed by atoms with Crippen LogP contribution in [0.4, 0.5) is 0 Å². The lowest BCUT2D eigenvalue weighted by Gasteiger charge is -2.01. The first-order valence-electron chi connectivity index (χ1n) is 8.20. The number of aliphatic hydroxyl groups excluding tert-OH is 1. The maximum Gasteiger partial charge on any atom is 0.130 e. The number of aromatic nitrogens is 2. The van der Waals surface area contributed by atoms with Crippen LogP contribution in [0.2, 0.25) is 10.0 Å². The molecule has 0 aliphatic rings. The summed E-state index contributed by atoms with van der Waals surface area (Å²) in [4.78, 5) is 7.51. The predicted octanol–water partition coefficient (Wildman–Crippen LogP) is 7.22. The fraction of sp³-hybridized carbons (Fsp3) is 0.250. The summed E-state index contributed by atoms with van der Waals surface area (Å²) >= 11 is 12.1. The van der Waals surface area contributed by atoms with Crippen molar-refractivity contribution in [3.05, 3.63) is 69.8 Å². The minimum atomic E-state index is 0.302. The van der Waals surface area contributed by atoms with Crippen LogP contribution < -0.4 is 0 Å². The number of H-pyrrole nitrogens is 1. The molecule has 1 heterocycles. The van der Waals surface area contributed by atoms with Crippen LogP contribution in [0, 0.1) is 0 Å². The number of hydrogen-bond donors (Lipinski definition) is 2. The molecule has 0 amide bonds. The lowest BCUT2D eigenvalue weighted by molar-refractivity contribution is 0.422. The zero-order valence-electron chi connectivity index (χ0n) is 15.0. The molecule has 3 nitrogen and oxygen atoms in total. The van der Waals surface area contributed by atoms with Gasteiger partial charge in [0.25, 0.3) is 0 Å². The summed E-state index contributed by atoms with van der Waals surface area (Å²) in [6.07, 6.45) is 9.93. The molecule has 2 aromatic rings. The molecule has 2 rings (SSSR count). The summed E-state index contributed by atoms with van der Waals surface area (Å²) < 4.78 is 0. The van der Waals surface area contributed by atoms with Gasteiger partial charge in [-0.1, -0.05) is 49.2 Å². The summed E-state index contributed by atoms with van der Waals surface area (Å²) in [5.41, 5.74) is 2.55. The first-order valence-corrected chi connectivity index (χ1v) is 8.96. The third-order valence-corrected chi connectivity index (χ3v) is 3.88. The highest BCUT2D eigenvalue weighted by Crippen LogP contribution is 2.29. The van der Waals surface area contributed by atoms with Crippen molar-refractivity contribution in [3.8, 4) is 11.3 Å². The van der Waals surface area contributed by atoms with E-state index in [2.05, 4.69) is 9.97 Å². The minimum absolute atomic E-state index is 0.302. The van der Waals surface area contributed by atoms with Crippen molar-refractivity contribution in [2.45, 2.75) is 34.1 Å². The van der Waals surface area contributed by atoms with Crippen LogP contribution in [0.1, 0.15) is 39.9 Å². The Kier molecular flexibility index (Phi) is 9.11. The number of aliphatic hydroxyl groups is 1. The van der Waals surface area contributed by atoms with Crippen LogP contribution >= 0.6 is 23.2 Å². The van der Waals surface area contributed by atoms with Gasteiger partial charge in [-0.25, -0.2) is 4.98 Å². The third kappa shape index (κ3) is 6.45.